The number of halogens is 2. The highest BCUT2D eigenvalue weighted by Gasteiger charge is 2.25. The van der Waals surface area contributed by atoms with Gasteiger partial charge >= 0.3 is 0 Å². The van der Waals surface area contributed by atoms with E-state index < -0.39 is 11.6 Å². The standard InChI is InChI=1S/C20H23F2N3O2/c1-27-17-5-2-15(3-6-17)13-24-8-10-25(11-9-24)14-20(26)23-19-12-16(21)4-7-18(19)22/h2-7,12H,8-11,13-14H2,1H3,(H,23,26)/p+2. The van der Waals surface area contributed by atoms with E-state index in [1.807, 2.05) is 12.1 Å². The van der Waals surface area contributed by atoms with E-state index in [9.17, 15) is 13.6 Å². The zero-order chi connectivity index (χ0) is 19.2. The minimum absolute atomic E-state index is 0.108. The number of benzene rings is 2. The summed E-state index contributed by atoms with van der Waals surface area (Å²) >= 11 is 0. The molecule has 0 atom stereocenters. The van der Waals surface area contributed by atoms with Crippen molar-refractivity contribution in [3.05, 3.63) is 59.7 Å². The number of hydrogen-bond donors (Lipinski definition) is 3. The fraction of sp³-hybridized carbons (Fsp3) is 0.350. The van der Waals surface area contributed by atoms with Crippen molar-refractivity contribution in [2.45, 2.75) is 6.54 Å². The van der Waals surface area contributed by atoms with Gasteiger partial charge in [-0.15, -0.1) is 0 Å². The van der Waals surface area contributed by atoms with Crippen LogP contribution >= 0.6 is 0 Å². The molecule has 1 fully saturated rings. The van der Waals surface area contributed by atoms with Crippen molar-refractivity contribution in [2.24, 2.45) is 0 Å². The fourth-order valence-electron chi connectivity index (χ4n) is 3.36. The van der Waals surface area contributed by atoms with Gasteiger partial charge in [0.1, 0.15) is 50.1 Å². The van der Waals surface area contributed by atoms with E-state index in [1.54, 1.807) is 7.11 Å². The maximum absolute atomic E-state index is 13.6. The third-order valence-corrected chi connectivity index (χ3v) is 4.89. The summed E-state index contributed by atoms with van der Waals surface area (Å²) in [4.78, 5) is 14.8. The van der Waals surface area contributed by atoms with Crippen LogP contribution in [0.25, 0.3) is 0 Å². The molecule has 1 aliphatic rings. The number of anilines is 1. The maximum Gasteiger partial charge on any atom is 0.279 e. The highest BCUT2D eigenvalue weighted by Crippen LogP contribution is 2.14. The molecule has 2 aromatic carbocycles. The van der Waals surface area contributed by atoms with Gasteiger partial charge in [-0.25, -0.2) is 8.78 Å². The van der Waals surface area contributed by atoms with Gasteiger partial charge in [0.2, 0.25) is 0 Å². The molecule has 0 spiro atoms. The van der Waals surface area contributed by atoms with E-state index in [0.29, 0.717) is 0 Å². The molecule has 0 unspecified atom stereocenters. The number of quaternary nitrogens is 2. The molecule has 3 rings (SSSR count). The van der Waals surface area contributed by atoms with Crippen molar-refractivity contribution in [3.8, 4) is 5.75 Å². The number of ether oxygens (including phenoxy) is 1. The molecule has 0 aromatic heterocycles. The molecular formula is C20H25F2N3O2+2. The van der Waals surface area contributed by atoms with Crippen LogP contribution in [-0.4, -0.2) is 45.7 Å². The van der Waals surface area contributed by atoms with Crippen LogP contribution in [0.2, 0.25) is 0 Å². The molecule has 0 saturated carbocycles. The van der Waals surface area contributed by atoms with Crippen molar-refractivity contribution < 1.29 is 28.1 Å². The SMILES string of the molecule is COc1ccc(C[NH+]2CC[NH+](CC(=O)Nc3cc(F)ccc3F)CC2)cc1. The lowest BCUT2D eigenvalue weighted by molar-refractivity contribution is -1.02. The Morgan fingerprint density at radius 1 is 1.04 bits per heavy atom. The molecule has 0 bridgehead atoms. The van der Waals surface area contributed by atoms with Crippen LogP contribution in [0.1, 0.15) is 5.56 Å². The molecule has 5 nitrogen and oxygen atoms in total. The minimum atomic E-state index is -0.631. The molecule has 1 heterocycles. The van der Waals surface area contributed by atoms with E-state index in [4.69, 9.17) is 4.74 Å². The number of amides is 1. The molecule has 0 radical (unpaired) electrons. The predicted molar refractivity (Wildman–Crippen MR) is 97.9 cm³/mol. The van der Waals surface area contributed by atoms with Crippen LogP contribution in [0.3, 0.4) is 0 Å². The Morgan fingerprint density at radius 3 is 2.37 bits per heavy atom. The lowest BCUT2D eigenvalue weighted by Crippen LogP contribution is -3.28. The van der Waals surface area contributed by atoms with Crippen LogP contribution in [0.5, 0.6) is 5.75 Å². The Hall–Kier alpha value is -2.51. The molecule has 27 heavy (non-hydrogen) atoms. The lowest BCUT2D eigenvalue weighted by atomic mass is 10.2. The molecule has 1 aliphatic heterocycles. The molecule has 1 amide bonds. The van der Waals surface area contributed by atoms with Crippen LogP contribution in [-0.2, 0) is 11.3 Å². The summed E-state index contributed by atoms with van der Waals surface area (Å²) in [5.41, 5.74) is 1.15. The molecule has 144 valence electrons. The first-order valence-electron chi connectivity index (χ1n) is 9.08. The number of hydrogen-bond acceptors (Lipinski definition) is 2. The second-order valence-corrected chi connectivity index (χ2v) is 6.87. The molecule has 2 aromatic rings. The predicted octanol–water partition coefficient (Wildman–Crippen LogP) is -0.104. The van der Waals surface area contributed by atoms with Crippen molar-refractivity contribution >= 4 is 11.6 Å². The molecular weight excluding hydrogens is 352 g/mol. The summed E-state index contributed by atoms with van der Waals surface area (Å²) < 4.78 is 32.0. The monoisotopic (exact) mass is 377 g/mol. The van der Waals surface area contributed by atoms with Gasteiger partial charge in [-0.2, -0.15) is 0 Å². The van der Waals surface area contributed by atoms with Crippen molar-refractivity contribution in [1.29, 1.82) is 0 Å². The van der Waals surface area contributed by atoms with Crippen LogP contribution < -0.4 is 19.9 Å². The fourth-order valence-corrected chi connectivity index (χ4v) is 3.36. The average molecular weight is 377 g/mol. The highest BCUT2D eigenvalue weighted by atomic mass is 19.1. The highest BCUT2D eigenvalue weighted by molar-refractivity contribution is 5.91. The van der Waals surface area contributed by atoms with Gasteiger partial charge in [0, 0.05) is 11.6 Å². The summed E-state index contributed by atoms with van der Waals surface area (Å²) in [7, 11) is 1.65. The van der Waals surface area contributed by atoms with Crippen molar-refractivity contribution in [2.75, 3.05) is 45.2 Å². The molecule has 1 saturated heterocycles. The summed E-state index contributed by atoms with van der Waals surface area (Å²) in [5, 5.41) is 2.47. The zero-order valence-corrected chi connectivity index (χ0v) is 15.4. The smallest absolute Gasteiger partial charge is 0.279 e. The second kappa shape index (κ2) is 8.92. The number of nitrogens with one attached hydrogen (secondary N) is 3. The van der Waals surface area contributed by atoms with Gasteiger partial charge < -0.3 is 19.9 Å². The normalized spacial score (nSPS) is 19.5. The average Bonchev–Trinajstić information content (AvgIpc) is 2.67. The second-order valence-electron chi connectivity index (χ2n) is 6.87. The van der Waals surface area contributed by atoms with Crippen molar-refractivity contribution in [3.63, 3.8) is 0 Å². The first-order valence-corrected chi connectivity index (χ1v) is 9.08. The van der Waals surface area contributed by atoms with E-state index in [-0.39, 0.29) is 18.1 Å². The number of carbonyl (C=O) groups is 1. The summed E-state index contributed by atoms with van der Waals surface area (Å²) in [6.07, 6.45) is 0. The Labute approximate surface area is 157 Å². The quantitative estimate of drug-likeness (QED) is 0.658. The minimum Gasteiger partial charge on any atom is -0.497 e. The van der Waals surface area contributed by atoms with Gasteiger partial charge in [0.25, 0.3) is 5.91 Å². The zero-order valence-electron chi connectivity index (χ0n) is 15.4. The maximum atomic E-state index is 13.6. The van der Waals surface area contributed by atoms with Gasteiger partial charge in [-0.3, -0.25) is 4.79 Å². The number of rotatable bonds is 6. The van der Waals surface area contributed by atoms with E-state index in [1.165, 1.54) is 10.5 Å². The Kier molecular flexibility index (Phi) is 6.36. The van der Waals surface area contributed by atoms with Gasteiger partial charge in [-0.05, 0) is 36.4 Å². The first kappa shape index (κ1) is 19.3. The van der Waals surface area contributed by atoms with Crippen LogP contribution in [0.15, 0.2) is 42.5 Å². The molecule has 0 aliphatic carbocycles. The largest absolute Gasteiger partial charge is 0.497 e. The third kappa shape index (κ3) is 5.48. The number of carbonyl (C=O) groups excluding carboxylic acids is 1. The van der Waals surface area contributed by atoms with Gasteiger partial charge in [0.15, 0.2) is 6.54 Å². The summed E-state index contributed by atoms with van der Waals surface area (Å²) in [6, 6.07) is 11.1. The Morgan fingerprint density at radius 2 is 1.70 bits per heavy atom. The van der Waals surface area contributed by atoms with E-state index >= 15 is 0 Å². The van der Waals surface area contributed by atoms with E-state index in [2.05, 4.69) is 17.4 Å². The van der Waals surface area contributed by atoms with Gasteiger partial charge in [0.05, 0.1) is 12.8 Å². The first-order chi connectivity index (χ1) is 13.0. The van der Waals surface area contributed by atoms with Crippen molar-refractivity contribution in [1.82, 2.24) is 0 Å². The van der Waals surface area contributed by atoms with Crippen LogP contribution in [0.4, 0.5) is 14.5 Å². The van der Waals surface area contributed by atoms with Crippen LogP contribution in [0, 0.1) is 11.6 Å². The summed E-state index contributed by atoms with van der Waals surface area (Å²) in [6.45, 7) is 4.85. The lowest BCUT2D eigenvalue weighted by Gasteiger charge is -2.29. The number of piperazine rings is 1. The Bertz CT molecular complexity index is 775. The Balaban J connectivity index is 1.44. The summed E-state index contributed by atoms with van der Waals surface area (Å²) in [5.74, 6) is -0.653. The third-order valence-electron chi connectivity index (χ3n) is 4.89. The topological polar surface area (TPSA) is 47.2 Å². The van der Waals surface area contributed by atoms with Gasteiger partial charge in [-0.1, -0.05) is 0 Å². The van der Waals surface area contributed by atoms with E-state index in [0.717, 1.165) is 61.6 Å². The molecule has 7 heteroatoms. The number of methoxy groups -OCH3 is 1. The molecule has 3 N–H and O–H groups in total.